The Bertz CT molecular complexity index is 948. The Balaban J connectivity index is 1.26. The number of carbonyl (C=O) groups is 1. The fourth-order valence-electron chi connectivity index (χ4n) is 2.58. The van der Waals surface area contributed by atoms with Crippen LogP contribution in [0.1, 0.15) is 5.56 Å². The smallest absolute Gasteiger partial charge is 0.263 e. The topological polar surface area (TPSA) is 94.6 Å². The highest BCUT2D eigenvalue weighted by Gasteiger charge is 2.13. The molecule has 142 valence electrons. The van der Waals surface area contributed by atoms with Crippen molar-refractivity contribution in [1.29, 1.82) is 0 Å². The van der Waals surface area contributed by atoms with Gasteiger partial charge >= 0.3 is 0 Å². The van der Waals surface area contributed by atoms with E-state index in [9.17, 15) is 4.79 Å². The van der Waals surface area contributed by atoms with Gasteiger partial charge in [0.15, 0.2) is 23.9 Å². The van der Waals surface area contributed by atoms with Crippen LogP contribution >= 0.6 is 0 Å². The minimum Gasteiger partial charge on any atom is -0.484 e. The summed E-state index contributed by atoms with van der Waals surface area (Å²) in [5.74, 6) is 2.76. The summed E-state index contributed by atoms with van der Waals surface area (Å²) in [7, 11) is 0. The number of nitrogens with zero attached hydrogens (tertiary/aromatic N) is 2. The van der Waals surface area contributed by atoms with Crippen LogP contribution in [0.3, 0.4) is 0 Å². The lowest BCUT2D eigenvalue weighted by Gasteiger charge is -2.08. The standard InChI is InChI=1S/C20H18N4O4/c25-20(12-26-15-4-2-1-3-5-15)22-19-9-8-18(23-24-19)21-11-14-6-7-16-17(10-14)28-13-27-16/h1-10H,11-13H2,(H,21,23)(H,22,24,25). The lowest BCUT2D eigenvalue weighted by Crippen LogP contribution is -2.21. The first-order valence-corrected chi connectivity index (χ1v) is 8.70. The van der Waals surface area contributed by atoms with Gasteiger partial charge in [-0.3, -0.25) is 4.79 Å². The molecular formula is C20H18N4O4. The van der Waals surface area contributed by atoms with E-state index in [1.54, 1.807) is 24.3 Å². The Hall–Kier alpha value is -3.81. The number of hydrogen-bond donors (Lipinski definition) is 2. The summed E-state index contributed by atoms with van der Waals surface area (Å²) in [6.07, 6.45) is 0. The normalized spacial score (nSPS) is 11.7. The molecule has 0 bridgehead atoms. The average molecular weight is 378 g/mol. The summed E-state index contributed by atoms with van der Waals surface area (Å²) in [4.78, 5) is 11.9. The zero-order valence-electron chi connectivity index (χ0n) is 14.9. The van der Waals surface area contributed by atoms with Crippen LogP contribution in [0.5, 0.6) is 17.2 Å². The molecule has 1 amide bonds. The molecule has 0 spiro atoms. The lowest BCUT2D eigenvalue weighted by molar-refractivity contribution is -0.118. The van der Waals surface area contributed by atoms with E-state index in [1.807, 2.05) is 36.4 Å². The van der Waals surface area contributed by atoms with E-state index in [2.05, 4.69) is 20.8 Å². The fraction of sp³-hybridized carbons (Fsp3) is 0.150. The molecule has 8 heteroatoms. The van der Waals surface area contributed by atoms with Gasteiger partial charge in [-0.1, -0.05) is 24.3 Å². The van der Waals surface area contributed by atoms with Gasteiger partial charge in [0, 0.05) is 6.54 Å². The molecule has 8 nitrogen and oxygen atoms in total. The van der Waals surface area contributed by atoms with E-state index < -0.39 is 0 Å². The molecule has 3 aromatic rings. The van der Waals surface area contributed by atoms with Gasteiger partial charge in [0.2, 0.25) is 6.79 Å². The van der Waals surface area contributed by atoms with Gasteiger partial charge in [0.1, 0.15) is 11.6 Å². The van der Waals surface area contributed by atoms with Crippen LogP contribution < -0.4 is 24.8 Å². The predicted octanol–water partition coefficient (Wildman–Crippen LogP) is 2.83. The van der Waals surface area contributed by atoms with E-state index in [0.717, 1.165) is 17.1 Å². The minimum absolute atomic E-state index is 0.101. The SMILES string of the molecule is O=C(COc1ccccc1)Nc1ccc(NCc2ccc3c(c2)OCO3)nn1. The van der Waals surface area contributed by atoms with Gasteiger partial charge in [0.05, 0.1) is 0 Å². The summed E-state index contributed by atoms with van der Waals surface area (Å²) in [6, 6.07) is 18.3. The fourth-order valence-corrected chi connectivity index (χ4v) is 2.58. The van der Waals surface area contributed by atoms with Crippen LogP contribution in [-0.2, 0) is 11.3 Å². The maximum atomic E-state index is 11.9. The number of ether oxygens (including phenoxy) is 3. The Morgan fingerprint density at radius 2 is 1.75 bits per heavy atom. The molecule has 2 heterocycles. The van der Waals surface area contributed by atoms with Crippen molar-refractivity contribution in [3.8, 4) is 17.2 Å². The third kappa shape index (κ3) is 4.47. The molecule has 0 fully saturated rings. The first-order valence-electron chi connectivity index (χ1n) is 8.70. The number of fused-ring (bicyclic) bond motifs is 1. The monoisotopic (exact) mass is 378 g/mol. The molecule has 0 saturated heterocycles. The van der Waals surface area contributed by atoms with Crippen molar-refractivity contribution in [3.05, 3.63) is 66.2 Å². The molecule has 1 aliphatic heterocycles. The molecule has 2 aromatic carbocycles. The number of hydrogen-bond acceptors (Lipinski definition) is 7. The number of para-hydroxylation sites is 1. The molecule has 28 heavy (non-hydrogen) atoms. The van der Waals surface area contributed by atoms with Crippen LogP contribution in [0.15, 0.2) is 60.7 Å². The molecule has 0 atom stereocenters. The average Bonchev–Trinajstić information content (AvgIpc) is 3.20. The molecule has 2 N–H and O–H groups in total. The third-order valence-electron chi connectivity index (χ3n) is 3.96. The zero-order valence-corrected chi connectivity index (χ0v) is 14.9. The van der Waals surface area contributed by atoms with E-state index in [0.29, 0.717) is 23.9 Å². The Morgan fingerprint density at radius 1 is 0.964 bits per heavy atom. The molecule has 1 aromatic heterocycles. The Morgan fingerprint density at radius 3 is 2.57 bits per heavy atom. The summed E-state index contributed by atoms with van der Waals surface area (Å²) in [6.45, 7) is 0.707. The van der Waals surface area contributed by atoms with Gasteiger partial charge in [-0.2, -0.15) is 0 Å². The number of amides is 1. The second-order valence-electron chi connectivity index (χ2n) is 5.99. The lowest BCUT2D eigenvalue weighted by atomic mass is 10.2. The second kappa shape index (κ2) is 8.26. The number of benzene rings is 2. The second-order valence-corrected chi connectivity index (χ2v) is 5.99. The Labute approximate surface area is 161 Å². The molecule has 0 radical (unpaired) electrons. The van der Waals surface area contributed by atoms with Crippen LogP contribution in [0, 0.1) is 0 Å². The molecule has 0 saturated carbocycles. The number of aromatic nitrogens is 2. The number of anilines is 2. The molecule has 0 aliphatic carbocycles. The van der Waals surface area contributed by atoms with Crippen LogP contribution in [-0.4, -0.2) is 29.5 Å². The zero-order chi connectivity index (χ0) is 19.2. The molecule has 4 rings (SSSR count). The third-order valence-corrected chi connectivity index (χ3v) is 3.96. The maximum absolute atomic E-state index is 11.9. The maximum Gasteiger partial charge on any atom is 0.263 e. The summed E-state index contributed by atoms with van der Waals surface area (Å²) in [5, 5.41) is 13.9. The van der Waals surface area contributed by atoms with Crippen molar-refractivity contribution in [2.24, 2.45) is 0 Å². The summed E-state index contributed by atoms with van der Waals surface area (Å²) < 4.78 is 16.0. The van der Waals surface area contributed by atoms with E-state index >= 15 is 0 Å². The number of rotatable bonds is 7. The van der Waals surface area contributed by atoms with E-state index in [-0.39, 0.29) is 19.3 Å². The van der Waals surface area contributed by atoms with Crippen molar-refractivity contribution in [1.82, 2.24) is 10.2 Å². The largest absolute Gasteiger partial charge is 0.484 e. The van der Waals surface area contributed by atoms with Crippen molar-refractivity contribution >= 4 is 17.5 Å². The van der Waals surface area contributed by atoms with Gasteiger partial charge in [-0.25, -0.2) is 0 Å². The highest BCUT2D eigenvalue weighted by atomic mass is 16.7. The molecule has 1 aliphatic rings. The van der Waals surface area contributed by atoms with Gasteiger partial charge in [0.25, 0.3) is 5.91 Å². The van der Waals surface area contributed by atoms with Crippen LogP contribution in [0.2, 0.25) is 0 Å². The summed E-state index contributed by atoms with van der Waals surface area (Å²) in [5.41, 5.74) is 1.03. The number of carbonyl (C=O) groups excluding carboxylic acids is 1. The highest BCUT2D eigenvalue weighted by molar-refractivity contribution is 5.90. The van der Waals surface area contributed by atoms with Crippen molar-refractivity contribution in [2.75, 3.05) is 24.0 Å². The minimum atomic E-state index is -0.306. The Kier molecular flexibility index (Phi) is 5.19. The van der Waals surface area contributed by atoms with Crippen molar-refractivity contribution < 1.29 is 19.0 Å². The quantitative estimate of drug-likeness (QED) is 0.653. The summed E-state index contributed by atoms with van der Waals surface area (Å²) >= 11 is 0. The predicted molar refractivity (Wildman–Crippen MR) is 102 cm³/mol. The molecular weight excluding hydrogens is 360 g/mol. The molecule has 0 unspecified atom stereocenters. The van der Waals surface area contributed by atoms with E-state index in [1.165, 1.54) is 0 Å². The van der Waals surface area contributed by atoms with E-state index in [4.69, 9.17) is 14.2 Å². The van der Waals surface area contributed by atoms with Crippen LogP contribution in [0.4, 0.5) is 11.6 Å². The van der Waals surface area contributed by atoms with Gasteiger partial charge in [-0.05, 0) is 42.0 Å². The van der Waals surface area contributed by atoms with Crippen LogP contribution in [0.25, 0.3) is 0 Å². The van der Waals surface area contributed by atoms with Gasteiger partial charge in [-0.15, -0.1) is 10.2 Å². The van der Waals surface area contributed by atoms with Gasteiger partial charge < -0.3 is 24.8 Å². The first kappa shape index (κ1) is 17.6. The highest BCUT2D eigenvalue weighted by Crippen LogP contribution is 2.32. The van der Waals surface area contributed by atoms with Crippen molar-refractivity contribution in [2.45, 2.75) is 6.54 Å². The van der Waals surface area contributed by atoms with Crippen molar-refractivity contribution in [3.63, 3.8) is 0 Å². The first-order chi connectivity index (χ1) is 13.8. The number of nitrogens with one attached hydrogen (secondary N) is 2.